The average molecular weight is 647 g/mol. The number of nitrogens with zero attached hydrogens (tertiary/aromatic N) is 1. The molecule has 0 bridgehead atoms. The Bertz CT molecular complexity index is 2300. The number of allylic oxidation sites excluding steroid dienone is 1. The summed E-state index contributed by atoms with van der Waals surface area (Å²) in [5, 5.41) is 0.445. The van der Waals surface area contributed by atoms with Crippen molar-refractivity contribution in [3.63, 3.8) is 0 Å². The number of hydrogen-bond acceptors (Lipinski definition) is 3. The van der Waals surface area contributed by atoms with Gasteiger partial charge >= 0.3 is 0 Å². The highest BCUT2D eigenvalue weighted by atomic mass is 35.5. The van der Waals surface area contributed by atoms with Crippen molar-refractivity contribution in [2.24, 2.45) is 0 Å². The quantitative estimate of drug-likeness (QED) is 0.139. The van der Waals surface area contributed by atoms with E-state index >= 15 is 0 Å². The first-order valence-electron chi connectivity index (χ1n) is 15.5. The fourth-order valence-electron chi connectivity index (χ4n) is 7.85. The number of fused-ring (bicyclic) bond motifs is 10. The summed E-state index contributed by atoms with van der Waals surface area (Å²) in [4.78, 5) is 29.6. The molecule has 0 unspecified atom stereocenters. The molecule has 1 heterocycles. The van der Waals surface area contributed by atoms with E-state index in [1.807, 2.05) is 6.07 Å². The molecule has 0 saturated carbocycles. The molecule has 0 amide bonds. The number of ketones is 2. The summed E-state index contributed by atoms with van der Waals surface area (Å²) in [5.74, 6) is -0.818. The molecule has 3 aliphatic rings. The summed E-state index contributed by atoms with van der Waals surface area (Å²) in [7, 11) is 0. The van der Waals surface area contributed by atoms with Crippen LogP contribution in [-0.2, 0) is 5.41 Å². The van der Waals surface area contributed by atoms with E-state index in [9.17, 15) is 9.59 Å². The second kappa shape index (κ2) is 10.1. The minimum Gasteiger partial charge on any atom is -0.310 e. The van der Waals surface area contributed by atoms with Gasteiger partial charge in [0.25, 0.3) is 0 Å². The monoisotopic (exact) mass is 645 g/mol. The van der Waals surface area contributed by atoms with Gasteiger partial charge in [-0.3, -0.25) is 9.59 Å². The number of halogens is 2. The van der Waals surface area contributed by atoms with Crippen LogP contribution in [-0.4, -0.2) is 11.6 Å². The van der Waals surface area contributed by atoms with Crippen molar-refractivity contribution in [1.82, 2.24) is 0 Å². The van der Waals surface area contributed by atoms with E-state index in [4.69, 9.17) is 23.2 Å². The molecule has 1 aliphatic heterocycles. The topological polar surface area (TPSA) is 37.4 Å². The second-order valence-electron chi connectivity index (χ2n) is 12.3. The van der Waals surface area contributed by atoms with E-state index in [2.05, 4.69) is 121 Å². The Morgan fingerprint density at radius 1 is 0.574 bits per heavy atom. The highest BCUT2D eigenvalue weighted by molar-refractivity contribution is 6.49. The Morgan fingerprint density at radius 2 is 1.11 bits per heavy atom. The Balaban J connectivity index is 1.35. The molecule has 6 aromatic rings. The number of para-hydroxylation sites is 1. The number of Topliss-reactive ketones (excluding diaryl/α,β-unsaturated/α-hetero) is 2. The Hall–Kier alpha value is -5.22. The van der Waals surface area contributed by atoms with Gasteiger partial charge in [-0.05, 0) is 94.4 Å². The van der Waals surface area contributed by atoms with Gasteiger partial charge in [0.15, 0.2) is 11.6 Å². The predicted molar refractivity (Wildman–Crippen MR) is 190 cm³/mol. The van der Waals surface area contributed by atoms with Crippen LogP contribution in [0.15, 0.2) is 133 Å². The lowest BCUT2D eigenvalue weighted by Crippen LogP contribution is -2.36. The van der Waals surface area contributed by atoms with Crippen LogP contribution in [0.3, 0.4) is 0 Å². The molecule has 0 saturated heterocycles. The third-order valence-corrected chi connectivity index (χ3v) is 10.4. The fraction of sp³-hybridized carbons (Fsp3) is 0.0476. The van der Waals surface area contributed by atoms with Crippen LogP contribution in [0.5, 0.6) is 0 Å². The van der Waals surface area contributed by atoms with Crippen molar-refractivity contribution < 1.29 is 9.59 Å². The molecular formula is C42H25Cl2NO2. The summed E-state index contributed by atoms with van der Waals surface area (Å²) in [6.07, 6.45) is 1.69. The molecule has 9 rings (SSSR count). The van der Waals surface area contributed by atoms with Crippen LogP contribution in [0, 0.1) is 6.92 Å². The minimum absolute atomic E-state index is 0.0582. The summed E-state index contributed by atoms with van der Waals surface area (Å²) < 4.78 is 0. The maximum absolute atomic E-state index is 13.6. The van der Waals surface area contributed by atoms with Gasteiger partial charge in [0, 0.05) is 5.69 Å². The van der Waals surface area contributed by atoms with Crippen LogP contribution in [0.2, 0.25) is 10.0 Å². The molecule has 0 radical (unpaired) electrons. The van der Waals surface area contributed by atoms with Crippen molar-refractivity contribution in [2.75, 3.05) is 4.90 Å². The normalized spacial score (nSPS) is 14.9. The van der Waals surface area contributed by atoms with Crippen LogP contribution in [0.4, 0.5) is 17.1 Å². The van der Waals surface area contributed by atoms with E-state index in [1.165, 1.54) is 27.8 Å². The number of carbonyl (C=O) groups excluding carboxylic acids is 2. The third kappa shape index (κ3) is 3.76. The maximum atomic E-state index is 13.6. The largest absolute Gasteiger partial charge is 0.310 e. The lowest BCUT2D eigenvalue weighted by Gasteiger charge is -2.45. The molecule has 0 atom stereocenters. The number of hydrogen-bond donors (Lipinski definition) is 0. The number of aryl methyl sites for hydroxylation is 1. The molecule has 0 N–H and O–H groups in total. The standard InChI is InChI=1S/C42H25Cl2NO2/c1-24-14-17-26(18-15-24)45-36-13-7-6-12-32(36)42(30-10-4-2-8-27(30)28-9-3-5-11-31(28)42)33-23-25(16-21-37(33)45)22-29-40(46)38-34(43)19-20-35(44)39(38)41(29)47/h2-23H,1H3. The molecule has 2 aliphatic carbocycles. The van der Waals surface area contributed by atoms with Gasteiger partial charge in [-0.2, -0.15) is 0 Å². The van der Waals surface area contributed by atoms with Crippen molar-refractivity contribution in [3.05, 3.63) is 188 Å². The van der Waals surface area contributed by atoms with Crippen LogP contribution >= 0.6 is 23.2 Å². The highest BCUT2D eigenvalue weighted by Gasteiger charge is 2.51. The Labute approximate surface area is 282 Å². The van der Waals surface area contributed by atoms with Gasteiger partial charge in [0.2, 0.25) is 0 Å². The molecule has 0 aromatic heterocycles. The first-order valence-corrected chi connectivity index (χ1v) is 16.2. The van der Waals surface area contributed by atoms with E-state index in [0.29, 0.717) is 0 Å². The van der Waals surface area contributed by atoms with Gasteiger partial charge in [0.1, 0.15) is 0 Å². The highest BCUT2D eigenvalue weighted by Crippen LogP contribution is 2.63. The fourth-order valence-corrected chi connectivity index (χ4v) is 8.34. The zero-order chi connectivity index (χ0) is 32.0. The van der Waals surface area contributed by atoms with E-state index < -0.39 is 17.0 Å². The first-order chi connectivity index (χ1) is 22.9. The molecule has 5 heteroatoms. The van der Waals surface area contributed by atoms with E-state index in [-0.39, 0.29) is 26.7 Å². The summed E-state index contributed by atoms with van der Waals surface area (Å²) in [6, 6.07) is 43.8. The zero-order valence-electron chi connectivity index (χ0n) is 25.2. The van der Waals surface area contributed by atoms with Gasteiger partial charge in [-0.15, -0.1) is 0 Å². The third-order valence-electron chi connectivity index (χ3n) is 9.82. The second-order valence-corrected chi connectivity index (χ2v) is 13.1. The van der Waals surface area contributed by atoms with Crippen LogP contribution in [0.1, 0.15) is 54.1 Å². The van der Waals surface area contributed by atoms with Gasteiger partial charge in [-0.25, -0.2) is 0 Å². The number of carbonyl (C=O) groups is 2. The van der Waals surface area contributed by atoms with Crippen molar-refractivity contribution in [3.8, 4) is 11.1 Å². The average Bonchev–Trinajstić information content (AvgIpc) is 3.53. The zero-order valence-corrected chi connectivity index (χ0v) is 26.7. The summed E-state index contributed by atoms with van der Waals surface area (Å²) in [6.45, 7) is 2.09. The first kappa shape index (κ1) is 28.0. The Kier molecular flexibility index (Phi) is 6.05. The summed E-state index contributed by atoms with van der Waals surface area (Å²) >= 11 is 12.8. The van der Waals surface area contributed by atoms with Gasteiger partial charge < -0.3 is 4.90 Å². The van der Waals surface area contributed by atoms with Crippen molar-refractivity contribution in [2.45, 2.75) is 12.3 Å². The molecule has 3 nitrogen and oxygen atoms in total. The van der Waals surface area contributed by atoms with Gasteiger partial charge in [-0.1, -0.05) is 114 Å². The molecule has 0 fully saturated rings. The lowest BCUT2D eigenvalue weighted by atomic mass is 9.64. The predicted octanol–water partition coefficient (Wildman–Crippen LogP) is 10.9. The SMILES string of the molecule is Cc1ccc(N2c3ccccc3C3(c4ccccc4-c4ccccc43)c3cc(C=C4C(=O)c5c(Cl)ccc(Cl)c5C4=O)ccc32)cc1. The molecule has 1 spiro atoms. The maximum Gasteiger partial charge on any atom is 0.199 e. The molecule has 6 aromatic carbocycles. The van der Waals surface area contributed by atoms with E-state index in [1.54, 1.807) is 18.2 Å². The molecule has 47 heavy (non-hydrogen) atoms. The van der Waals surface area contributed by atoms with E-state index in [0.717, 1.165) is 33.8 Å². The van der Waals surface area contributed by atoms with Crippen LogP contribution in [0.25, 0.3) is 17.2 Å². The van der Waals surface area contributed by atoms with Crippen molar-refractivity contribution in [1.29, 1.82) is 0 Å². The van der Waals surface area contributed by atoms with Crippen molar-refractivity contribution >= 4 is 57.9 Å². The van der Waals surface area contributed by atoms with Gasteiger partial charge in [0.05, 0.1) is 43.5 Å². The number of benzene rings is 6. The molecule has 224 valence electrons. The Morgan fingerprint density at radius 3 is 1.72 bits per heavy atom. The minimum atomic E-state index is -0.645. The number of rotatable bonds is 2. The lowest BCUT2D eigenvalue weighted by molar-refractivity contribution is 0.0990. The smallest absolute Gasteiger partial charge is 0.199 e. The number of anilines is 3. The van der Waals surface area contributed by atoms with Crippen LogP contribution < -0.4 is 4.90 Å². The molecular weight excluding hydrogens is 621 g/mol. The summed E-state index contributed by atoms with van der Waals surface area (Å²) in [5.41, 5.74) is 11.9.